The number of nitrogens with zero attached hydrogens (tertiary/aromatic N) is 1. The second kappa shape index (κ2) is 37.2. The molecule has 0 saturated carbocycles. The summed E-state index contributed by atoms with van der Waals surface area (Å²) in [6.45, 7) is -6.34. The Labute approximate surface area is 589 Å². The fraction of sp³-hybridized carbons (Fsp3) is 0.400. The first kappa shape index (κ1) is 75.3. The highest BCUT2D eigenvalue weighted by Gasteiger charge is 2.32. The van der Waals surface area contributed by atoms with Gasteiger partial charge < -0.3 is 93.8 Å². The van der Waals surface area contributed by atoms with Gasteiger partial charge in [0, 0.05) is 69.6 Å². The highest BCUT2D eigenvalue weighted by atomic mass is 127. The molecule has 18 N–H and O–H groups in total. The molecule has 452 valence electrons. The van der Waals surface area contributed by atoms with Crippen LogP contribution in [0.2, 0.25) is 0 Å². The largest absolute Gasteiger partial charge is 0.394 e. The van der Waals surface area contributed by atoms with E-state index in [4.69, 9.17) is 0 Å². The van der Waals surface area contributed by atoms with Crippen LogP contribution in [-0.4, -0.2) is 221 Å². The van der Waals surface area contributed by atoms with Crippen LogP contribution in [0.15, 0.2) is 0 Å². The molecule has 0 saturated heterocycles. The first-order chi connectivity index (χ1) is 38.7. The summed E-state index contributed by atoms with van der Waals surface area (Å²) in [5, 5.41) is 110. The SMILES string of the molecule is O=C(CO)Nc1c(I)c(C(=O)NCCN(CCNC(=O)c2c(I)c(NC(=O)CO)c(I)c(C(=O)NCC(O)CO)c2I)CCNC(=O)c2c(I)c(NC(=O)CO)c(I)c(C(=O)NCC(O)CO)c2I)c(I)c(C(=O)NCC(O)CO)c1I. The minimum absolute atomic E-state index is 0.00456. The molecule has 0 aliphatic heterocycles. The number of halogens is 9. The quantitative estimate of drug-likeness (QED) is 0.0358. The number of carbonyl (C=O) groups excluding carboxylic acids is 9. The van der Waals surface area contributed by atoms with Crippen LogP contribution in [0.25, 0.3) is 0 Å². The second-order valence-corrected chi connectivity index (χ2v) is 26.3. The second-order valence-electron chi connectivity index (χ2n) is 16.6. The summed E-state index contributed by atoms with van der Waals surface area (Å²) in [5.74, 6) is -7.06. The molecular weight excluding hydrogens is 2110 g/mol. The van der Waals surface area contributed by atoms with Crippen LogP contribution >= 0.6 is 203 Å². The summed E-state index contributed by atoms with van der Waals surface area (Å²) in [4.78, 5) is 122. The number of rotatable bonds is 30. The molecule has 3 rings (SSSR count). The van der Waals surface area contributed by atoms with Crippen molar-refractivity contribution in [2.45, 2.75) is 18.3 Å². The maximum absolute atomic E-state index is 14.2. The molecule has 3 aromatic carbocycles. The Morgan fingerprint density at radius 1 is 0.329 bits per heavy atom. The third-order valence-corrected chi connectivity index (χ3v) is 20.5. The number of amides is 9. The molecule has 3 atom stereocenters. The molecule has 0 fully saturated rings. The Morgan fingerprint density at radius 3 is 0.707 bits per heavy atom. The van der Waals surface area contributed by atoms with Gasteiger partial charge in [-0.25, -0.2) is 0 Å². The number of carbonyl (C=O) groups is 9. The summed E-state index contributed by atoms with van der Waals surface area (Å²) in [5.41, 5.74) is -0.317. The zero-order chi connectivity index (χ0) is 61.9. The first-order valence-electron chi connectivity index (χ1n) is 23.3. The van der Waals surface area contributed by atoms with Crippen molar-refractivity contribution in [3.63, 3.8) is 0 Å². The number of hydrogen-bond donors (Lipinski definition) is 18. The molecule has 9 amide bonds. The average molecular weight is 2160 g/mol. The van der Waals surface area contributed by atoms with E-state index in [2.05, 4.69) is 47.9 Å². The predicted octanol–water partition coefficient (Wildman–Crippen LogP) is -0.939. The van der Waals surface area contributed by atoms with Gasteiger partial charge in [0.1, 0.15) is 19.8 Å². The smallest absolute Gasteiger partial charge is 0.253 e. The minimum atomic E-state index is -1.32. The lowest BCUT2D eigenvalue weighted by molar-refractivity contribution is -0.119. The molecule has 3 aromatic rings. The Hall–Kier alpha value is -0.940. The maximum Gasteiger partial charge on any atom is 0.253 e. The molecule has 0 bridgehead atoms. The van der Waals surface area contributed by atoms with Gasteiger partial charge in [0.05, 0.1) is 110 Å². The number of aliphatic hydroxyl groups excluding tert-OH is 9. The Bertz CT molecular complexity index is 2630. The summed E-state index contributed by atoms with van der Waals surface area (Å²) >= 11 is 16.1. The van der Waals surface area contributed by atoms with Crippen molar-refractivity contribution in [1.29, 1.82) is 0 Å². The van der Waals surface area contributed by atoms with Gasteiger partial charge in [-0.15, -0.1) is 0 Å². The van der Waals surface area contributed by atoms with E-state index >= 15 is 0 Å². The van der Waals surface area contributed by atoms with Gasteiger partial charge in [-0.1, -0.05) is 0 Å². The molecule has 0 heterocycles. The molecule has 0 aromatic heterocycles. The lowest BCUT2D eigenvalue weighted by Crippen LogP contribution is -2.43. The monoisotopic (exact) mass is 2160 g/mol. The Balaban J connectivity index is 2.09. The van der Waals surface area contributed by atoms with Crippen LogP contribution in [0.4, 0.5) is 17.1 Å². The molecule has 0 spiro atoms. The van der Waals surface area contributed by atoms with Crippen molar-refractivity contribution < 1.29 is 89.1 Å². The lowest BCUT2D eigenvalue weighted by atomic mass is 10.1. The topological polar surface area (TPSA) is 447 Å². The van der Waals surface area contributed by atoms with E-state index in [9.17, 15) is 89.1 Å². The van der Waals surface area contributed by atoms with E-state index in [1.54, 1.807) is 208 Å². The summed E-state index contributed by atoms with van der Waals surface area (Å²) in [6.07, 6.45) is -3.95. The van der Waals surface area contributed by atoms with E-state index in [0.29, 0.717) is 0 Å². The first-order valence-corrected chi connectivity index (χ1v) is 33.0. The van der Waals surface area contributed by atoms with Gasteiger partial charge in [0.15, 0.2) is 0 Å². The average Bonchev–Trinajstić information content (AvgIpc) is 3.65. The fourth-order valence-electron chi connectivity index (χ4n) is 6.73. The summed E-state index contributed by atoms with van der Waals surface area (Å²) in [6, 6.07) is 0. The van der Waals surface area contributed by atoms with Crippen molar-refractivity contribution in [2.24, 2.45) is 0 Å². The van der Waals surface area contributed by atoms with E-state index in [0.717, 1.165) is 0 Å². The molecule has 0 aliphatic rings. The van der Waals surface area contributed by atoms with Crippen LogP contribution in [0.5, 0.6) is 0 Å². The molecule has 28 nitrogen and oxygen atoms in total. The van der Waals surface area contributed by atoms with Gasteiger partial charge >= 0.3 is 0 Å². The highest BCUT2D eigenvalue weighted by Crippen LogP contribution is 2.38. The minimum Gasteiger partial charge on any atom is -0.394 e. The van der Waals surface area contributed by atoms with E-state index in [-0.39, 0.29) is 141 Å². The molecule has 82 heavy (non-hydrogen) atoms. The third-order valence-electron chi connectivity index (χ3n) is 10.8. The molecule has 0 aliphatic carbocycles. The van der Waals surface area contributed by atoms with Crippen molar-refractivity contribution in [2.75, 3.05) is 114 Å². The number of nitrogens with one attached hydrogen (secondary N) is 9. The van der Waals surface area contributed by atoms with Gasteiger partial charge in [-0.05, 0) is 203 Å². The highest BCUT2D eigenvalue weighted by molar-refractivity contribution is 14.1. The van der Waals surface area contributed by atoms with Crippen LogP contribution in [0, 0.1) is 32.1 Å². The molecule has 37 heteroatoms. The van der Waals surface area contributed by atoms with Crippen molar-refractivity contribution in [1.82, 2.24) is 36.8 Å². The normalized spacial score (nSPS) is 12.2. The van der Waals surface area contributed by atoms with Gasteiger partial charge in [-0.2, -0.15) is 0 Å². The van der Waals surface area contributed by atoms with Crippen molar-refractivity contribution in [3.05, 3.63) is 65.5 Å². The van der Waals surface area contributed by atoms with Gasteiger partial charge in [0.2, 0.25) is 17.7 Å². The zero-order valence-corrected chi connectivity index (χ0v) is 61.3. The van der Waals surface area contributed by atoms with Crippen LogP contribution in [0.1, 0.15) is 62.1 Å². The van der Waals surface area contributed by atoms with Crippen LogP contribution in [-0.2, 0) is 14.4 Å². The lowest BCUT2D eigenvalue weighted by Gasteiger charge is -2.24. The number of benzene rings is 3. The number of anilines is 3. The zero-order valence-electron chi connectivity index (χ0n) is 41.9. The summed E-state index contributed by atoms with van der Waals surface area (Å²) < 4.78 is 1.52. The maximum atomic E-state index is 14.2. The number of hydrogen-bond acceptors (Lipinski definition) is 19. The van der Waals surface area contributed by atoms with Crippen LogP contribution < -0.4 is 47.9 Å². The van der Waals surface area contributed by atoms with Gasteiger partial charge in [-0.3, -0.25) is 48.1 Å². The van der Waals surface area contributed by atoms with E-state index < -0.39 is 111 Å². The van der Waals surface area contributed by atoms with Crippen LogP contribution in [0.3, 0.4) is 0 Å². The standard InChI is InChI=1S/C45H51I9N10O18/c46-28-22(31(49)37(61-19(74)13-68)34(52)25(28)43(80)58-7-16(71)10-65)40(77)55-1-4-64(5-2-56-41(78)23-29(47)26(44(81)59-8-17(72)11-66)35(53)38(32(23)50)62-20(75)14-69)6-3-57-42(79)24-30(48)27(45(82)60-9-18(73)12-67)36(54)39(33(24)51)63-21(76)15-70/h16-18,65-73H,1-15H2,(H,55,77)(H,56,78)(H,57,79)(H,58,80)(H,59,81)(H,60,82)(H,61,74)(H,62,75)(H,63,76). The summed E-state index contributed by atoms with van der Waals surface area (Å²) in [7, 11) is 0. The number of aliphatic hydroxyl groups is 9. The van der Waals surface area contributed by atoms with Crippen molar-refractivity contribution >= 4 is 274 Å². The molecular formula is C45H51I9N10O18. The van der Waals surface area contributed by atoms with Gasteiger partial charge in [0.25, 0.3) is 35.4 Å². The predicted molar refractivity (Wildman–Crippen MR) is 371 cm³/mol. The Kier molecular flexibility index (Phi) is 34.1. The third kappa shape index (κ3) is 20.8. The van der Waals surface area contributed by atoms with Crippen molar-refractivity contribution in [3.8, 4) is 0 Å². The fourth-order valence-corrected chi connectivity index (χ4v) is 20.0. The molecule has 0 radical (unpaired) electrons. The van der Waals surface area contributed by atoms with E-state index in [1.807, 2.05) is 0 Å². The Morgan fingerprint density at radius 2 is 0.524 bits per heavy atom. The van der Waals surface area contributed by atoms with E-state index in [1.165, 1.54) is 0 Å². The molecule has 3 unspecified atom stereocenters.